The van der Waals surface area contributed by atoms with Gasteiger partial charge in [-0.3, -0.25) is 4.98 Å². The fourth-order valence-electron chi connectivity index (χ4n) is 1.62. The summed E-state index contributed by atoms with van der Waals surface area (Å²) >= 11 is 0. The van der Waals surface area contributed by atoms with Crippen LogP contribution in [0.25, 0.3) is 0 Å². The molecule has 0 aliphatic carbocycles. The molecule has 1 aromatic rings. The number of hydrogen-bond donors (Lipinski definition) is 0. The second-order valence-electron chi connectivity index (χ2n) is 4.07. The Bertz CT molecular complexity index is 380. The Labute approximate surface area is 97.0 Å². The van der Waals surface area contributed by atoms with Gasteiger partial charge in [-0.15, -0.1) is 0 Å². The van der Waals surface area contributed by atoms with Crippen molar-refractivity contribution in [1.82, 2.24) is 4.98 Å². The van der Waals surface area contributed by atoms with E-state index in [1.54, 1.807) is 0 Å². The molecule has 2 heterocycles. The van der Waals surface area contributed by atoms with Gasteiger partial charge in [0.1, 0.15) is 5.75 Å². The van der Waals surface area contributed by atoms with Gasteiger partial charge in [0, 0.05) is 18.7 Å². The standard InChI is InChI=1S/C10H12BF3NO2/c12-11(13,14)9-3-10(5-15-4-9)17-7-8-1-2-16-6-8/h3-5,8H,1-2,6-7H2/q-1. The van der Waals surface area contributed by atoms with Crippen molar-refractivity contribution in [2.24, 2.45) is 5.92 Å². The Hall–Kier alpha value is -1.24. The van der Waals surface area contributed by atoms with Gasteiger partial charge in [0.05, 0.1) is 19.4 Å². The Morgan fingerprint density at radius 1 is 1.41 bits per heavy atom. The molecule has 0 aromatic carbocycles. The molecule has 1 unspecified atom stereocenters. The van der Waals surface area contributed by atoms with E-state index in [1.165, 1.54) is 6.20 Å². The smallest absolute Gasteiger partial charge is 0.492 e. The van der Waals surface area contributed by atoms with Crippen LogP contribution >= 0.6 is 0 Å². The van der Waals surface area contributed by atoms with Crippen LogP contribution < -0.4 is 10.2 Å². The number of halogens is 3. The van der Waals surface area contributed by atoms with Crippen molar-refractivity contribution >= 4 is 12.4 Å². The van der Waals surface area contributed by atoms with Crippen molar-refractivity contribution < 1.29 is 22.4 Å². The van der Waals surface area contributed by atoms with Gasteiger partial charge < -0.3 is 22.4 Å². The van der Waals surface area contributed by atoms with Crippen LogP contribution in [0.2, 0.25) is 0 Å². The molecule has 1 aromatic heterocycles. The van der Waals surface area contributed by atoms with E-state index in [1.807, 2.05) is 0 Å². The van der Waals surface area contributed by atoms with Gasteiger partial charge in [0.25, 0.3) is 0 Å². The quantitative estimate of drug-likeness (QED) is 0.755. The van der Waals surface area contributed by atoms with Crippen LogP contribution in [0.1, 0.15) is 6.42 Å². The van der Waals surface area contributed by atoms with Crippen molar-refractivity contribution in [1.29, 1.82) is 0 Å². The van der Waals surface area contributed by atoms with Crippen molar-refractivity contribution in [2.45, 2.75) is 6.42 Å². The van der Waals surface area contributed by atoms with Gasteiger partial charge in [-0.2, -0.15) is 0 Å². The highest BCUT2D eigenvalue weighted by Crippen LogP contribution is 2.16. The molecule has 0 radical (unpaired) electrons. The van der Waals surface area contributed by atoms with Crippen molar-refractivity contribution in [2.75, 3.05) is 19.8 Å². The Morgan fingerprint density at radius 2 is 2.24 bits per heavy atom. The second kappa shape index (κ2) is 4.95. The van der Waals surface area contributed by atoms with E-state index in [2.05, 4.69) is 4.98 Å². The van der Waals surface area contributed by atoms with E-state index in [4.69, 9.17) is 9.47 Å². The maximum Gasteiger partial charge on any atom is 0.511 e. The maximum atomic E-state index is 12.5. The molecular formula is C10H12BF3NO2-. The van der Waals surface area contributed by atoms with Gasteiger partial charge in [-0.1, -0.05) is 5.46 Å². The summed E-state index contributed by atoms with van der Waals surface area (Å²) in [6.45, 7) is -3.35. The number of aromatic nitrogens is 1. The zero-order valence-electron chi connectivity index (χ0n) is 9.11. The third kappa shape index (κ3) is 3.36. The Kier molecular flexibility index (Phi) is 3.56. The van der Waals surface area contributed by atoms with Crippen LogP contribution in [0.4, 0.5) is 12.9 Å². The number of hydrogen-bond acceptors (Lipinski definition) is 3. The molecule has 7 heteroatoms. The lowest BCUT2D eigenvalue weighted by molar-refractivity contribution is 0.167. The van der Waals surface area contributed by atoms with Crippen LogP contribution in [0.3, 0.4) is 0 Å². The van der Waals surface area contributed by atoms with E-state index in [0.717, 1.165) is 18.7 Å². The summed E-state index contributed by atoms with van der Waals surface area (Å²) in [5, 5.41) is 0. The lowest BCUT2D eigenvalue weighted by Gasteiger charge is -2.16. The fourth-order valence-corrected chi connectivity index (χ4v) is 1.62. The first kappa shape index (κ1) is 12.2. The van der Waals surface area contributed by atoms with E-state index in [0.29, 0.717) is 19.8 Å². The van der Waals surface area contributed by atoms with Crippen molar-refractivity contribution in [3.05, 3.63) is 18.5 Å². The summed E-state index contributed by atoms with van der Waals surface area (Å²) in [6, 6.07) is 0.989. The second-order valence-corrected chi connectivity index (χ2v) is 4.07. The predicted molar refractivity (Wildman–Crippen MR) is 57.4 cm³/mol. The van der Waals surface area contributed by atoms with Crippen LogP contribution in [-0.4, -0.2) is 31.8 Å². The monoisotopic (exact) mass is 246 g/mol. The molecule has 0 N–H and O–H groups in total. The normalized spacial score (nSPS) is 20.5. The van der Waals surface area contributed by atoms with Crippen LogP contribution in [0.5, 0.6) is 5.75 Å². The molecule has 0 spiro atoms. The minimum Gasteiger partial charge on any atom is -0.492 e. The van der Waals surface area contributed by atoms with Gasteiger partial charge >= 0.3 is 6.98 Å². The molecule has 1 aliphatic rings. The first-order valence-corrected chi connectivity index (χ1v) is 5.41. The molecule has 0 bridgehead atoms. The lowest BCUT2D eigenvalue weighted by atomic mass is 9.81. The van der Waals surface area contributed by atoms with Gasteiger partial charge in [0.2, 0.25) is 0 Å². The molecule has 94 valence electrons. The summed E-state index contributed by atoms with van der Waals surface area (Å²) in [6.07, 6.45) is 2.99. The zero-order valence-corrected chi connectivity index (χ0v) is 9.11. The molecule has 0 amide bonds. The predicted octanol–water partition coefficient (Wildman–Crippen LogP) is 1.55. The third-order valence-electron chi connectivity index (χ3n) is 2.62. The number of pyridine rings is 1. The van der Waals surface area contributed by atoms with Crippen LogP contribution in [-0.2, 0) is 4.74 Å². The molecule has 1 saturated heterocycles. The number of ether oxygens (including phenoxy) is 2. The highest BCUT2D eigenvalue weighted by Gasteiger charge is 2.26. The summed E-state index contributed by atoms with van der Waals surface area (Å²) in [7, 11) is 0. The van der Waals surface area contributed by atoms with Crippen LogP contribution in [0, 0.1) is 5.92 Å². The fraction of sp³-hybridized carbons (Fsp3) is 0.500. The summed E-state index contributed by atoms with van der Waals surface area (Å²) in [5.41, 5.74) is -0.731. The Balaban J connectivity index is 1.96. The summed E-state index contributed by atoms with van der Waals surface area (Å²) < 4.78 is 47.8. The molecule has 2 rings (SSSR count). The van der Waals surface area contributed by atoms with Crippen molar-refractivity contribution in [3.8, 4) is 5.75 Å². The Morgan fingerprint density at radius 3 is 2.88 bits per heavy atom. The molecule has 1 fully saturated rings. The molecule has 17 heavy (non-hydrogen) atoms. The molecule has 1 atom stereocenters. The number of nitrogens with zero attached hydrogens (tertiary/aromatic N) is 1. The van der Waals surface area contributed by atoms with E-state index < -0.39 is 12.4 Å². The van der Waals surface area contributed by atoms with Crippen LogP contribution in [0.15, 0.2) is 18.5 Å². The molecule has 1 aliphatic heterocycles. The summed E-state index contributed by atoms with van der Waals surface area (Å²) in [4.78, 5) is 3.54. The molecule has 3 nitrogen and oxygen atoms in total. The first-order valence-electron chi connectivity index (χ1n) is 5.41. The van der Waals surface area contributed by atoms with Gasteiger partial charge in [0.15, 0.2) is 0 Å². The maximum absolute atomic E-state index is 12.5. The first-order chi connectivity index (χ1) is 8.05. The minimum absolute atomic E-state index is 0.161. The van der Waals surface area contributed by atoms with E-state index in [9.17, 15) is 12.9 Å². The number of rotatable bonds is 4. The van der Waals surface area contributed by atoms with Gasteiger partial charge in [-0.05, 0) is 12.5 Å². The van der Waals surface area contributed by atoms with Crippen molar-refractivity contribution in [3.63, 3.8) is 0 Å². The highest BCUT2D eigenvalue weighted by molar-refractivity contribution is 6.73. The summed E-state index contributed by atoms with van der Waals surface area (Å²) in [5.74, 6) is 0.420. The minimum atomic E-state index is -5.02. The third-order valence-corrected chi connectivity index (χ3v) is 2.62. The zero-order chi connectivity index (χ0) is 12.3. The van der Waals surface area contributed by atoms with E-state index >= 15 is 0 Å². The van der Waals surface area contributed by atoms with E-state index in [-0.39, 0.29) is 11.7 Å². The van der Waals surface area contributed by atoms with Gasteiger partial charge in [-0.25, -0.2) is 0 Å². The molecule has 0 saturated carbocycles. The highest BCUT2D eigenvalue weighted by atomic mass is 19.4. The average Bonchev–Trinajstić information content (AvgIpc) is 2.78. The average molecular weight is 246 g/mol. The largest absolute Gasteiger partial charge is 0.511 e. The lowest BCUT2D eigenvalue weighted by Crippen LogP contribution is -2.34. The molecular weight excluding hydrogens is 234 g/mol. The SMILES string of the molecule is F[B-](F)(F)c1cncc(OCC2CCOC2)c1. The topological polar surface area (TPSA) is 31.4 Å².